The molecular weight excluding hydrogens is 366 g/mol. The molecule has 8 nitrogen and oxygen atoms in total. The fraction of sp³-hybridized carbons (Fsp3) is 0.500. The van der Waals surface area contributed by atoms with Crippen molar-refractivity contribution in [1.82, 2.24) is 20.5 Å². The van der Waals surface area contributed by atoms with Crippen LogP contribution in [-0.2, 0) is 14.6 Å². The lowest BCUT2D eigenvalue weighted by Gasteiger charge is -2.34. The molecule has 4 rings (SSSR count). The highest BCUT2D eigenvalue weighted by Crippen LogP contribution is 2.38. The summed E-state index contributed by atoms with van der Waals surface area (Å²) in [5.74, 6) is 1.58. The highest BCUT2D eigenvalue weighted by atomic mass is 32.2. The quantitative estimate of drug-likeness (QED) is 0.713. The van der Waals surface area contributed by atoms with Crippen molar-refractivity contribution >= 4 is 21.4 Å². The first-order valence-electron chi connectivity index (χ1n) is 9.14. The molecule has 1 aliphatic carbocycles. The molecule has 1 aromatic carbocycles. The van der Waals surface area contributed by atoms with E-state index in [1.54, 1.807) is 12.1 Å². The number of H-pyrrole nitrogens is 1. The van der Waals surface area contributed by atoms with Crippen LogP contribution in [0.2, 0.25) is 0 Å². The van der Waals surface area contributed by atoms with Gasteiger partial charge in [0.2, 0.25) is 5.91 Å². The minimum absolute atomic E-state index is 0.275. The van der Waals surface area contributed by atoms with E-state index in [9.17, 15) is 13.2 Å². The summed E-state index contributed by atoms with van der Waals surface area (Å²) in [6.45, 7) is 1.02. The molecule has 0 radical (unpaired) electrons. The van der Waals surface area contributed by atoms with Gasteiger partial charge in [0, 0.05) is 23.4 Å². The lowest BCUT2D eigenvalue weighted by Crippen LogP contribution is -2.55. The zero-order chi connectivity index (χ0) is 19.1. The normalized spacial score (nSPS) is 19.6. The monoisotopic (exact) mass is 389 g/mol. The van der Waals surface area contributed by atoms with E-state index < -0.39 is 20.5 Å². The van der Waals surface area contributed by atoms with E-state index in [1.807, 2.05) is 12.1 Å². The van der Waals surface area contributed by atoms with Gasteiger partial charge in [-0.3, -0.25) is 9.89 Å². The second kappa shape index (κ2) is 6.72. The number of anilines is 1. The minimum atomic E-state index is -3.53. The lowest BCUT2D eigenvalue weighted by molar-refractivity contribution is -0.119. The van der Waals surface area contributed by atoms with E-state index in [1.165, 1.54) is 0 Å². The van der Waals surface area contributed by atoms with Gasteiger partial charge in [-0.05, 0) is 63.0 Å². The van der Waals surface area contributed by atoms with Gasteiger partial charge in [-0.15, -0.1) is 0 Å². The van der Waals surface area contributed by atoms with Crippen LogP contribution in [0.25, 0.3) is 11.4 Å². The first kappa shape index (κ1) is 18.1. The molecule has 3 N–H and O–H groups in total. The molecule has 1 saturated carbocycles. The Morgan fingerprint density at radius 2 is 1.85 bits per heavy atom. The zero-order valence-corrected chi connectivity index (χ0v) is 16.0. The molecule has 2 aromatic rings. The van der Waals surface area contributed by atoms with Gasteiger partial charge in [0.15, 0.2) is 20.4 Å². The summed E-state index contributed by atoms with van der Waals surface area (Å²) in [6.07, 6.45) is 3.99. The SMILES string of the molecule is CS(=O)(=O)C1(C(=O)Nc2ccc(-c3n[nH]c(C4CC4)n3)cc2)CCNCC1. The second-order valence-electron chi connectivity index (χ2n) is 7.37. The lowest BCUT2D eigenvalue weighted by atomic mass is 9.95. The van der Waals surface area contributed by atoms with Crippen LogP contribution >= 0.6 is 0 Å². The van der Waals surface area contributed by atoms with E-state index in [0.717, 1.165) is 30.5 Å². The number of carbonyl (C=O) groups excluding carboxylic acids is 1. The highest BCUT2D eigenvalue weighted by Gasteiger charge is 2.48. The van der Waals surface area contributed by atoms with Crippen LogP contribution in [-0.4, -0.2) is 53.6 Å². The summed E-state index contributed by atoms with van der Waals surface area (Å²) >= 11 is 0. The molecule has 1 aliphatic heterocycles. The summed E-state index contributed by atoms with van der Waals surface area (Å²) < 4.78 is 23.3. The molecule has 144 valence electrons. The summed E-state index contributed by atoms with van der Waals surface area (Å²) in [5, 5.41) is 13.1. The van der Waals surface area contributed by atoms with Gasteiger partial charge < -0.3 is 10.6 Å². The fourth-order valence-electron chi connectivity index (χ4n) is 3.49. The predicted molar refractivity (Wildman–Crippen MR) is 102 cm³/mol. The topological polar surface area (TPSA) is 117 Å². The van der Waals surface area contributed by atoms with Crippen LogP contribution in [0.5, 0.6) is 0 Å². The van der Waals surface area contributed by atoms with Crippen molar-refractivity contribution in [3.05, 3.63) is 30.1 Å². The number of amides is 1. The molecule has 0 atom stereocenters. The number of nitrogens with one attached hydrogen (secondary N) is 3. The number of nitrogens with zero attached hydrogens (tertiary/aromatic N) is 2. The summed E-state index contributed by atoms with van der Waals surface area (Å²) in [5.41, 5.74) is 1.40. The van der Waals surface area contributed by atoms with Gasteiger partial charge in [-0.2, -0.15) is 5.10 Å². The summed E-state index contributed by atoms with van der Waals surface area (Å²) in [7, 11) is -3.53. The molecule has 2 aliphatic rings. The van der Waals surface area contributed by atoms with Gasteiger partial charge in [0.25, 0.3) is 0 Å². The van der Waals surface area contributed by atoms with E-state index in [4.69, 9.17) is 0 Å². The predicted octanol–water partition coefficient (Wildman–Crippen LogP) is 1.45. The molecule has 0 bridgehead atoms. The Morgan fingerprint density at radius 1 is 1.19 bits per heavy atom. The maximum absolute atomic E-state index is 12.8. The Balaban J connectivity index is 1.50. The largest absolute Gasteiger partial charge is 0.325 e. The van der Waals surface area contributed by atoms with Crippen LogP contribution in [0.15, 0.2) is 24.3 Å². The van der Waals surface area contributed by atoms with Gasteiger partial charge in [-0.25, -0.2) is 13.4 Å². The Morgan fingerprint density at radius 3 is 2.44 bits per heavy atom. The van der Waals surface area contributed by atoms with Gasteiger partial charge in [-0.1, -0.05) is 0 Å². The van der Waals surface area contributed by atoms with Crippen molar-refractivity contribution < 1.29 is 13.2 Å². The van der Waals surface area contributed by atoms with Crippen LogP contribution in [0, 0.1) is 0 Å². The first-order chi connectivity index (χ1) is 12.9. The number of sulfone groups is 1. The maximum atomic E-state index is 12.8. The van der Waals surface area contributed by atoms with Crippen molar-refractivity contribution in [2.75, 3.05) is 24.7 Å². The van der Waals surface area contributed by atoms with Crippen LogP contribution in [0.1, 0.15) is 37.4 Å². The molecule has 0 spiro atoms. The number of aromatic nitrogens is 3. The van der Waals surface area contributed by atoms with Gasteiger partial charge in [0.05, 0.1) is 0 Å². The Bertz CT molecular complexity index is 942. The van der Waals surface area contributed by atoms with E-state index in [-0.39, 0.29) is 12.8 Å². The number of benzene rings is 1. The second-order valence-corrected chi connectivity index (χ2v) is 9.69. The summed E-state index contributed by atoms with van der Waals surface area (Å²) in [4.78, 5) is 17.3. The average Bonchev–Trinajstić information content (AvgIpc) is 3.39. The van der Waals surface area contributed by atoms with Crippen molar-refractivity contribution in [2.24, 2.45) is 0 Å². The number of hydrogen-bond acceptors (Lipinski definition) is 6. The molecular formula is C18H23N5O3S. The first-order valence-corrected chi connectivity index (χ1v) is 11.0. The third-order valence-corrected chi connectivity index (χ3v) is 7.42. The molecule has 1 amide bonds. The van der Waals surface area contributed by atoms with Crippen LogP contribution < -0.4 is 10.6 Å². The average molecular weight is 389 g/mol. The molecule has 1 saturated heterocycles. The Hall–Kier alpha value is -2.26. The number of carbonyl (C=O) groups is 1. The number of piperidine rings is 1. The van der Waals surface area contributed by atoms with Crippen molar-refractivity contribution in [3.8, 4) is 11.4 Å². The minimum Gasteiger partial charge on any atom is -0.325 e. The molecule has 0 unspecified atom stereocenters. The maximum Gasteiger partial charge on any atom is 0.245 e. The van der Waals surface area contributed by atoms with Crippen molar-refractivity contribution in [3.63, 3.8) is 0 Å². The molecule has 1 aromatic heterocycles. The smallest absolute Gasteiger partial charge is 0.245 e. The zero-order valence-electron chi connectivity index (χ0n) is 15.2. The third kappa shape index (κ3) is 3.49. The third-order valence-electron chi connectivity index (χ3n) is 5.40. The Kier molecular flexibility index (Phi) is 4.51. The van der Waals surface area contributed by atoms with Gasteiger partial charge in [0.1, 0.15) is 5.82 Å². The number of rotatable bonds is 5. The van der Waals surface area contributed by atoms with Crippen LogP contribution in [0.3, 0.4) is 0 Å². The van der Waals surface area contributed by atoms with Gasteiger partial charge >= 0.3 is 0 Å². The molecule has 27 heavy (non-hydrogen) atoms. The Labute approximate surface area is 158 Å². The standard InChI is InChI=1S/C18H23N5O3S/c1-27(25,26)18(8-10-19-11-9-18)17(24)20-14-6-4-13(5-7-14)16-21-15(22-23-16)12-2-3-12/h4-7,12,19H,2-3,8-11H2,1H3,(H,20,24)(H,21,22,23). The number of hydrogen-bond donors (Lipinski definition) is 3. The molecule has 2 fully saturated rings. The summed E-state index contributed by atoms with van der Waals surface area (Å²) in [6, 6.07) is 7.14. The highest BCUT2D eigenvalue weighted by molar-refractivity contribution is 7.92. The van der Waals surface area contributed by atoms with E-state index in [2.05, 4.69) is 25.8 Å². The van der Waals surface area contributed by atoms with Crippen molar-refractivity contribution in [2.45, 2.75) is 36.3 Å². The molecule has 2 heterocycles. The molecule has 9 heteroatoms. The van der Waals surface area contributed by atoms with E-state index in [0.29, 0.717) is 30.5 Å². The van der Waals surface area contributed by atoms with Crippen molar-refractivity contribution in [1.29, 1.82) is 0 Å². The fourth-order valence-corrected chi connectivity index (χ4v) is 4.82. The van der Waals surface area contributed by atoms with Crippen LogP contribution in [0.4, 0.5) is 5.69 Å². The number of aromatic amines is 1. The van der Waals surface area contributed by atoms with E-state index >= 15 is 0 Å².